The Hall–Kier alpha value is -0.820. The van der Waals surface area contributed by atoms with E-state index in [2.05, 4.69) is 49.1 Å². The van der Waals surface area contributed by atoms with Gasteiger partial charge in [-0.05, 0) is 50.5 Å². The first kappa shape index (κ1) is 11.3. The zero-order chi connectivity index (χ0) is 11.8. The highest BCUT2D eigenvalue weighted by Gasteiger charge is 2.41. The fourth-order valence-electron chi connectivity index (χ4n) is 3.89. The highest BCUT2D eigenvalue weighted by Crippen LogP contribution is 2.45. The van der Waals surface area contributed by atoms with Gasteiger partial charge < -0.3 is 0 Å². The number of nitrogens with zero attached hydrogens (tertiary/aromatic N) is 1. The molecule has 1 aromatic carbocycles. The van der Waals surface area contributed by atoms with Gasteiger partial charge in [0.1, 0.15) is 0 Å². The van der Waals surface area contributed by atoms with E-state index < -0.39 is 0 Å². The van der Waals surface area contributed by atoms with E-state index in [-0.39, 0.29) is 0 Å². The molecular formula is C16H23N. The minimum Gasteiger partial charge on any atom is -0.298 e. The van der Waals surface area contributed by atoms with Gasteiger partial charge in [0.15, 0.2) is 0 Å². The normalized spacial score (nSPS) is 33.2. The van der Waals surface area contributed by atoms with Crippen molar-refractivity contribution in [1.29, 1.82) is 0 Å². The molecule has 0 radical (unpaired) electrons. The van der Waals surface area contributed by atoms with Crippen LogP contribution in [0, 0.1) is 5.92 Å². The quantitative estimate of drug-likeness (QED) is 0.748. The van der Waals surface area contributed by atoms with E-state index in [0.29, 0.717) is 0 Å². The molecule has 2 saturated heterocycles. The van der Waals surface area contributed by atoms with Crippen LogP contribution in [0.5, 0.6) is 0 Å². The second-order valence-electron chi connectivity index (χ2n) is 6.03. The van der Waals surface area contributed by atoms with E-state index in [0.717, 1.165) is 23.9 Å². The molecule has 0 spiro atoms. The first-order valence-corrected chi connectivity index (χ1v) is 7.06. The van der Waals surface area contributed by atoms with Gasteiger partial charge >= 0.3 is 0 Å². The van der Waals surface area contributed by atoms with Crippen molar-refractivity contribution in [3.8, 4) is 0 Å². The predicted molar refractivity (Wildman–Crippen MR) is 72.2 cm³/mol. The Bertz CT molecular complexity index is 370. The third-order valence-corrected chi connectivity index (χ3v) is 4.77. The van der Waals surface area contributed by atoms with Crippen LogP contribution < -0.4 is 0 Å². The molecule has 3 fully saturated rings. The third-order valence-electron chi connectivity index (χ3n) is 4.77. The lowest BCUT2D eigenvalue weighted by Gasteiger charge is -2.51. The smallest absolute Gasteiger partial charge is 0.0104 e. The van der Waals surface area contributed by atoms with Crippen molar-refractivity contribution in [1.82, 2.24) is 4.90 Å². The molecule has 1 heteroatoms. The van der Waals surface area contributed by atoms with E-state index in [1.54, 1.807) is 5.56 Å². The van der Waals surface area contributed by atoms with Gasteiger partial charge in [-0.2, -0.15) is 0 Å². The summed E-state index contributed by atoms with van der Waals surface area (Å²) in [6.07, 6.45) is 4.24. The Morgan fingerprint density at radius 2 is 1.88 bits per heavy atom. The molecule has 4 rings (SSSR count). The maximum absolute atomic E-state index is 2.73. The highest BCUT2D eigenvalue weighted by molar-refractivity contribution is 5.22. The molecule has 1 aromatic rings. The van der Waals surface area contributed by atoms with Crippen LogP contribution in [0.15, 0.2) is 30.3 Å². The zero-order valence-corrected chi connectivity index (χ0v) is 11.0. The fraction of sp³-hybridized carbons (Fsp3) is 0.625. The Balaban J connectivity index is 1.80. The summed E-state index contributed by atoms with van der Waals surface area (Å²) in [7, 11) is 0. The summed E-state index contributed by atoms with van der Waals surface area (Å²) in [5, 5.41) is 0. The second kappa shape index (κ2) is 4.45. The van der Waals surface area contributed by atoms with Gasteiger partial charge in [-0.15, -0.1) is 0 Å². The summed E-state index contributed by atoms with van der Waals surface area (Å²) in [6, 6.07) is 12.7. The van der Waals surface area contributed by atoms with Gasteiger partial charge in [0.05, 0.1) is 0 Å². The van der Waals surface area contributed by atoms with Crippen molar-refractivity contribution in [3.63, 3.8) is 0 Å². The van der Waals surface area contributed by atoms with Crippen LogP contribution in [-0.4, -0.2) is 23.5 Å². The monoisotopic (exact) mass is 229 g/mol. The summed E-state index contributed by atoms with van der Waals surface area (Å²) in [5.74, 6) is 1.72. The molecule has 1 saturated carbocycles. The molecule has 17 heavy (non-hydrogen) atoms. The summed E-state index contributed by atoms with van der Waals surface area (Å²) in [5.41, 5.74) is 1.57. The lowest BCUT2D eigenvalue weighted by atomic mass is 9.69. The minimum atomic E-state index is 0.722. The van der Waals surface area contributed by atoms with Gasteiger partial charge in [-0.3, -0.25) is 4.90 Å². The second-order valence-corrected chi connectivity index (χ2v) is 6.03. The maximum atomic E-state index is 2.73. The summed E-state index contributed by atoms with van der Waals surface area (Å²) in [6.45, 7) is 6.01. The first-order valence-electron chi connectivity index (χ1n) is 7.06. The number of benzene rings is 1. The molecule has 0 aromatic heterocycles. The molecule has 3 aliphatic rings. The minimum absolute atomic E-state index is 0.722. The summed E-state index contributed by atoms with van der Waals surface area (Å²) < 4.78 is 0. The molecule has 0 amide bonds. The van der Waals surface area contributed by atoms with Crippen molar-refractivity contribution in [3.05, 3.63) is 35.9 Å². The van der Waals surface area contributed by atoms with E-state index >= 15 is 0 Å². The fourth-order valence-corrected chi connectivity index (χ4v) is 3.89. The molecule has 0 N–H and O–H groups in total. The molecule has 3 unspecified atom stereocenters. The van der Waals surface area contributed by atoms with E-state index in [1.807, 2.05) is 0 Å². The van der Waals surface area contributed by atoms with Crippen LogP contribution in [0.4, 0.5) is 0 Å². The Kier molecular flexibility index (Phi) is 2.96. The van der Waals surface area contributed by atoms with Gasteiger partial charge in [0, 0.05) is 18.6 Å². The van der Waals surface area contributed by atoms with Crippen LogP contribution in [-0.2, 0) is 0 Å². The summed E-state index contributed by atoms with van der Waals surface area (Å²) in [4.78, 5) is 2.73. The van der Waals surface area contributed by atoms with Crippen molar-refractivity contribution in [2.24, 2.45) is 5.92 Å². The van der Waals surface area contributed by atoms with Crippen LogP contribution in [0.1, 0.15) is 44.6 Å². The van der Waals surface area contributed by atoms with Crippen molar-refractivity contribution >= 4 is 0 Å². The largest absolute Gasteiger partial charge is 0.298 e. The highest BCUT2D eigenvalue weighted by atomic mass is 15.2. The third kappa shape index (κ3) is 2.01. The molecule has 3 atom stereocenters. The first-order chi connectivity index (χ1) is 8.25. The molecule has 1 nitrogen and oxygen atoms in total. The topological polar surface area (TPSA) is 3.24 Å². The zero-order valence-electron chi connectivity index (χ0n) is 11.0. The number of fused-ring (bicyclic) bond motifs is 3. The number of rotatable bonds is 2. The van der Waals surface area contributed by atoms with Gasteiger partial charge in [0.25, 0.3) is 0 Å². The maximum Gasteiger partial charge on any atom is 0.0104 e. The van der Waals surface area contributed by atoms with Crippen LogP contribution >= 0.6 is 0 Å². The lowest BCUT2D eigenvalue weighted by molar-refractivity contribution is 0.00986. The average molecular weight is 229 g/mol. The van der Waals surface area contributed by atoms with Crippen LogP contribution in [0.25, 0.3) is 0 Å². The molecule has 2 heterocycles. The molecule has 2 bridgehead atoms. The van der Waals surface area contributed by atoms with Crippen LogP contribution in [0.2, 0.25) is 0 Å². The molecular weight excluding hydrogens is 206 g/mol. The molecule has 92 valence electrons. The van der Waals surface area contributed by atoms with Gasteiger partial charge in [-0.25, -0.2) is 0 Å². The molecule has 2 aliphatic heterocycles. The van der Waals surface area contributed by atoms with Crippen LogP contribution in [0.3, 0.4) is 0 Å². The van der Waals surface area contributed by atoms with E-state index in [4.69, 9.17) is 0 Å². The van der Waals surface area contributed by atoms with Crippen molar-refractivity contribution in [2.45, 2.75) is 51.1 Å². The Morgan fingerprint density at radius 3 is 2.47 bits per heavy atom. The standard InChI is InChI=1S/C16H23N/c1-12(2)17-11-14-8-9-15(17)10-16(14)13-6-4-3-5-7-13/h3-7,12,14-16H,8-11H2,1-2H3. The number of hydrogen-bond acceptors (Lipinski definition) is 1. The number of hydrogen-bond donors (Lipinski definition) is 0. The number of piperidine rings is 2. The van der Waals surface area contributed by atoms with E-state index in [9.17, 15) is 0 Å². The summed E-state index contributed by atoms with van der Waals surface area (Å²) >= 11 is 0. The Labute approximate surface area is 105 Å². The average Bonchev–Trinajstić information content (AvgIpc) is 2.40. The van der Waals surface area contributed by atoms with Crippen molar-refractivity contribution in [2.75, 3.05) is 6.54 Å². The van der Waals surface area contributed by atoms with Crippen molar-refractivity contribution < 1.29 is 0 Å². The van der Waals surface area contributed by atoms with Gasteiger partial charge in [-0.1, -0.05) is 30.3 Å². The van der Waals surface area contributed by atoms with E-state index in [1.165, 1.54) is 25.8 Å². The lowest BCUT2D eigenvalue weighted by Crippen LogP contribution is -2.53. The molecule has 1 aliphatic carbocycles. The predicted octanol–water partition coefficient (Wildman–Crippen LogP) is 3.66. The Morgan fingerprint density at radius 1 is 1.12 bits per heavy atom. The van der Waals surface area contributed by atoms with Gasteiger partial charge in [0.2, 0.25) is 0 Å². The SMILES string of the molecule is CC(C)N1CC2CCC1CC2c1ccccc1.